The number of carbonyl (C=O) groups is 3. The third kappa shape index (κ3) is 4.06. The lowest BCUT2D eigenvalue weighted by atomic mass is 10.2. The van der Waals surface area contributed by atoms with Gasteiger partial charge >= 0.3 is 5.97 Å². The summed E-state index contributed by atoms with van der Waals surface area (Å²) in [6, 6.07) is 4.20. The predicted molar refractivity (Wildman–Crippen MR) is 66.8 cm³/mol. The van der Waals surface area contributed by atoms with Gasteiger partial charge in [0.15, 0.2) is 0 Å². The first-order valence-electron chi connectivity index (χ1n) is 5.62. The van der Waals surface area contributed by atoms with Crippen molar-refractivity contribution in [2.45, 2.75) is 6.42 Å². The minimum atomic E-state index is -1.19. The zero-order valence-corrected chi connectivity index (χ0v) is 10.7. The Morgan fingerprint density at radius 3 is 2.53 bits per heavy atom. The molecule has 0 aliphatic rings. The number of nitrogens with one attached hydrogen (secondary N) is 1. The van der Waals surface area contributed by atoms with Crippen LogP contribution in [0, 0.1) is 0 Å². The van der Waals surface area contributed by atoms with Gasteiger partial charge in [-0.1, -0.05) is 6.07 Å². The van der Waals surface area contributed by atoms with E-state index in [0.29, 0.717) is 0 Å². The van der Waals surface area contributed by atoms with Crippen LogP contribution in [0.3, 0.4) is 0 Å². The van der Waals surface area contributed by atoms with Gasteiger partial charge in [0.1, 0.15) is 11.4 Å². The van der Waals surface area contributed by atoms with Gasteiger partial charge in [-0.25, -0.2) is 9.78 Å². The van der Waals surface area contributed by atoms with E-state index in [1.807, 2.05) is 0 Å². The molecule has 19 heavy (non-hydrogen) atoms. The van der Waals surface area contributed by atoms with Crippen molar-refractivity contribution in [3.8, 4) is 0 Å². The van der Waals surface area contributed by atoms with Crippen LogP contribution in [-0.2, 0) is 4.79 Å². The lowest BCUT2D eigenvalue weighted by Crippen LogP contribution is -2.32. The van der Waals surface area contributed by atoms with Gasteiger partial charge in [-0.2, -0.15) is 0 Å². The second-order valence-corrected chi connectivity index (χ2v) is 3.86. The summed E-state index contributed by atoms with van der Waals surface area (Å²) in [6.45, 7) is 0.234. The van der Waals surface area contributed by atoms with Crippen molar-refractivity contribution >= 4 is 17.8 Å². The number of amides is 2. The first-order valence-corrected chi connectivity index (χ1v) is 5.62. The Morgan fingerprint density at radius 2 is 1.95 bits per heavy atom. The van der Waals surface area contributed by atoms with Crippen LogP contribution in [0.5, 0.6) is 0 Å². The van der Waals surface area contributed by atoms with E-state index in [1.165, 1.54) is 37.2 Å². The second-order valence-electron chi connectivity index (χ2n) is 3.86. The summed E-state index contributed by atoms with van der Waals surface area (Å²) in [7, 11) is 3.04. The molecule has 2 N–H and O–H groups in total. The van der Waals surface area contributed by atoms with Gasteiger partial charge in [0.05, 0.1) is 0 Å². The van der Waals surface area contributed by atoms with E-state index in [9.17, 15) is 14.4 Å². The Kier molecular flexibility index (Phi) is 4.99. The van der Waals surface area contributed by atoms with Gasteiger partial charge < -0.3 is 15.3 Å². The van der Waals surface area contributed by atoms with E-state index in [1.54, 1.807) is 0 Å². The molecule has 7 nitrogen and oxygen atoms in total. The molecule has 1 aromatic rings. The van der Waals surface area contributed by atoms with Gasteiger partial charge in [-0.3, -0.25) is 9.59 Å². The Balaban J connectivity index is 2.74. The fourth-order valence-corrected chi connectivity index (χ4v) is 1.36. The van der Waals surface area contributed by atoms with E-state index < -0.39 is 11.9 Å². The lowest BCUT2D eigenvalue weighted by molar-refractivity contribution is -0.120. The van der Waals surface area contributed by atoms with Gasteiger partial charge in [0.25, 0.3) is 5.91 Å². The first-order chi connectivity index (χ1) is 8.95. The molecule has 2 amide bonds. The highest BCUT2D eigenvalue weighted by atomic mass is 16.4. The van der Waals surface area contributed by atoms with Gasteiger partial charge in [-0.05, 0) is 12.1 Å². The minimum absolute atomic E-state index is 0.0410. The molecule has 7 heteroatoms. The van der Waals surface area contributed by atoms with Crippen molar-refractivity contribution in [3.63, 3.8) is 0 Å². The fourth-order valence-electron chi connectivity index (χ4n) is 1.36. The predicted octanol–water partition coefficient (Wildman–Crippen LogP) is -0.0121. The van der Waals surface area contributed by atoms with Crippen molar-refractivity contribution in [1.29, 1.82) is 0 Å². The summed E-state index contributed by atoms with van der Waals surface area (Å²) in [6.07, 6.45) is 0.178. The zero-order valence-electron chi connectivity index (χ0n) is 10.7. The minimum Gasteiger partial charge on any atom is -0.477 e. The first kappa shape index (κ1) is 14.6. The van der Waals surface area contributed by atoms with Crippen LogP contribution < -0.4 is 5.32 Å². The molecule has 0 aliphatic carbocycles. The number of pyridine rings is 1. The Hall–Kier alpha value is -2.44. The van der Waals surface area contributed by atoms with Crippen LogP contribution in [0.4, 0.5) is 0 Å². The summed E-state index contributed by atoms with van der Waals surface area (Å²) in [5, 5.41) is 11.3. The van der Waals surface area contributed by atoms with E-state index in [0.717, 1.165) is 0 Å². The lowest BCUT2D eigenvalue weighted by Gasteiger charge is -2.16. The standard InChI is InChI=1S/C12H15N3O4/c1-13-10(16)6-7-15(2)11(17)8-4-3-5-9(14-8)12(18)19/h3-5H,6-7H2,1-2H3,(H,13,16)(H,18,19). The maximum atomic E-state index is 12.0. The highest BCUT2D eigenvalue weighted by Crippen LogP contribution is 2.03. The van der Waals surface area contributed by atoms with Crippen LogP contribution >= 0.6 is 0 Å². The molecular weight excluding hydrogens is 250 g/mol. The molecule has 0 fully saturated rings. The van der Waals surface area contributed by atoms with E-state index >= 15 is 0 Å². The summed E-state index contributed by atoms with van der Waals surface area (Å²) < 4.78 is 0. The number of aromatic carboxylic acids is 1. The molecule has 1 aromatic heterocycles. The average molecular weight is 265 g/mol. The van der Waals surface area contributed by atoms with Crippen LogP contribution in [-0.4, -0.2) is 53.4 Å². The molecule has 0 saturated carbocycles. The van der Waals surface area contributed by atoms with Crippen molar-refractivity contribution in [2.24, 2.45) is 0 Å². The van der Waals surface area contributed by atoms with Gasteiger partial charge in [0, 0.05) is 27.1 Å². The fraction of sp³-hybridized carbons (Fsp3) is 0.333. The largest absolute Gasteiger partial charge is 0.477 e. The quantitative estimate of drug-likeness (QED) is 0.780. The van der Waals surface area contributed by atoms with Crippen molar-refractivity contribution in [3.05, 3.63) is 29.6 Å². The van der Waals surface area contributed by atoms with Crippen molar-refractivity contribution in [1.82, 2.24) is 15.2 Å². The smallest absolute Gasteiger partial charge is 0.354 e. The number of hydrogen-bond acceptors (Lipinski definition) is 4. The molecule has 0 unspecified atom stereocenters. The summed E-state index contributed by atoms with van der Waals surface area (Å²) in [5.74, 6) is -1.79. The molecule has 0 saturated heterocycles. The van der Waals surface area contributed by atoms with Crippen LogP contribution in [0.25, 0.3) is 0 Å². The van der Waals surface area contributed by atoms with Gasteiger partial charge in [0.2, 0.25) is 5.91 Å². The van der Waals surface area contributed by atoms with E-state index in [2.05, 4.69) is 10.3 Å². The highest BCUT2D eigenvalue weighted by molar-refractivity contribution is 5.94. The molecule has 1 rings (SSSR count). The maximum absolute atomic E-state index is 12.0. The Morgan fingerprint density at radius 1 is 1.32 bits per heavy atom. The van der Waals surface area contributed by atoms with Gasteiger partial charge in [-0.15, -0.1) is 0 Å². The number of carbonyl (C=O) groups excluding carboxylic acids is 2. The molecule has 0 aromatic carbocycles. The summed E-state index contributed by atoms with van der Waals surface area (Å²) in [5.41, 5.74) is -0.148. The monoisotopic (exact) mass is 265 g/mol. The molecular formula is C12H15N3O4. The SMILES string of the molecule is CNC(=O)CCN(C)C(=O)c1cccc(C(=O)O)n1. The highest BCUT2D eigenvalue weighted by Gasteiger charge is 2.15. The Bertz CT molecular complexity index is 502. The number of nitrogens with zero attached hydrogens (tertiary/aromatic N) is 2. The van der Waals surface area contributed by atoms with Crippen molar-refractivity contribution in [2.75, 3.05) is 20.6 Å². The maximum Gasteiger partial charge on any atom is 0.354 e. The molecule has 0 bridgehead atoms. The van der Waals surface area contributed by atoms with Crippen LogP contribution in [0.15, 0.2) is 18.2 Å². The summed E-state index contributed by atoms with van der Waals surface area (Å²) >= 11 is 0. The number of carboxylic acid groups (broad SMARTS) is 1. The molecule has 0 aliphatic heterocycles. The number of aromatic nitrogens is 1. The van der Waals surface area contributed by atoms with Crippen molar-refractivity contribution < 1.29 is 19.5 Å². The average Bonchev–Trinajstić information content (AvgIpc) is 2.43. The van der Waals surface area contributed by atoms with Crippen LogP contribution in [0.1, 0.15) is 27.4 Å². The number of carboxylic acids is 1. The van der Waals surface area contributed by atoms with E-state index in [4.69, 9.17) is 5.11 Å². The van der Waals surface area contributed by atoms with Crippen LogP contribution in [0.2, 0.25) is 0 Å². The Labute approximate surface area is 110 Å². The zero-order chi connectivity index (χ0) is 14.4. The number of rotatable bonds is 5. The third-order valence-electron chi connectivity index (χ3n) is 2.49. The topological polar surface area (TPSA) is 99.6 Å². The molecule has 0 radical (unpaired) electrons. The normalized spacial score (nSPS) is 9.79. The van der Waals surface area contributed by atoms with E-state index in [-0.39, 0.29) is 30.3 Å². The molecule has 0 atom stereocenters. The molecule has 102 valence electrons. The molecule has 0 spiro atoms. The third-order valence-corrected chi connectivity index (χ3v) is 2.49. The number of hydrogen-bond donors (Lipinski definition) is 2. The molecule has 1 heterocycles. The summed E-state index contributed by atoms with van der Waals surface area (Å²) in [4.78, 5) is 38.9. The second kappa shape index (κ2) is 6.48.